The van der Waals surface area contributed by atoms with Gasteiger partial charge in [0, 0.05) is 20.3 Å². The standard InChI is InChI=1S/C13H21NO5/c1-18-7-6-13(4-5-13)8-14-11(15)9-2-3-10(19-9)12(16)17/h9-10H,2-8H2,1H3,(H,14,15)(H,16,17)/t9-,10+/m0/s1. The summed E-state index contributed by atoms with van der Waals surface area (Å²) >= 11 is 0. The van der Waals surface area contributed by atoms with Crippen LogP contribution in [-0.2, 0) is 19.1 Å². The zero-order chi connectivity index (χ0) is 13.9. The molecule has 2 N–H and O–H groups in total. The zero-order valence-corrected chi connectivity index (χ0v) is 11.2. The Hall–Kier alpha value is -1.14. The van der Waals surface area contributed by atoms with Gasteiger partial charge in [-0.05, 0) is 37.5 Å². The van der Waals surface area contributed by atoms with E-state index >= 15 is 0 Å². The van der Waals surface area contributed by atoms with Crippen LogP contribution in [0.2, 0.25) is 0 Å². The molecular weight excluding hydrogens is 250 g/mol. The highest BCUT2D eigenvalue weighted by Gasteiger charge is 2.43. The van der Waals surface area contributed by atoms with Gasteiger partial charge in [-0.2, -0.15) is 0 Å². The lowest BCUT2D eigenvalue weighted by Gasteiger charge is -2.17. The van der Waals surface area contributed by atoms with Crippen molar-refractivity contribution >= 4 is 11.9 Å². The molecule has 2 atom stereocenters. The van der Waals surface area contributed by atoms with Crippen molar-refractivity contribution in [2.75, 3.05) is 20.3 Å². The Morgan fingerprint density at radius 2 is 2.05 bits per heavy atom. The molecule has 1 amide bonds. The fourth-order valence-corrected chi connectivity index (χ4v) is 2.41. The first-order chi connectivity index (χ1) is 9.06. The van der Waals surface area contributed by atoms with Crippen LogP contribution in [0.3, 0.4) is 0 Å². The first kappa shape index (κ1) is 14.3. The predicted molar refractivity (Wildman–Crippen MR) is 66.7 cm³/mol. The fraction of sp³-hybridized carbons (Fsp3) is 0.846. The number of carboxylic acid groups (broad SMARTS) is 1. The van der Waals surface area contributed by atoms with E-state index in [9.17, 15) is 9.59 Å². The van der Waals surface area contributed by atoms with Gasteiger partial charge in [0.25, 0.3) is 0 Å². The van der Waals surface area contributed by atoms with Crippen LogP contribution in [0.1, 0.15) is 32.1 Å². The maximum atomic E-state index is 11.9. The highest BCUT2D eigenvalue weighted by molar-refractivity contribution is 5.82. The van der Waals surface area contributed by atoms with Crippen LogP contribution in [0, 0.1) is 5.41 Å². The van der Waals surface area contributed by atoms with E-state index in [1.165, 1.54) is 0 Å². The average molecular weight is 271 g/mol. The van der Waals surface area contributed by atoms with Crippen molar-refractivity contribution in [3.8, 4) is 0 Å². The summed E-state index contributed by atoms with van der Waals surface area (Å²) in [4.78, 5) is 22.6. The van der Waals surface area contributed by atoms with E-state index in [2.05, 4.69) is 5.32 Å². The van der Waals surface area contributed by atoms with Crippen LogP contribution in [0.5, 0.6) is 0 Å². The third-order valence-electron chi connectivity index (χ3n) is 4.02. The number of rotatable bonds is 7. The molecule has 0 aromatic rings. The van der Waals surface area contributed by atoms with Gasteiger partial charge in [-0.25, -0.2) is 4.79 Å². The van der Waals surface area contributed by atoms with E-state index in [-0.39, 0.29) is 11.3 Å². The number of carbonyl (C=O) groups is 2. The summed E-state index contributed by atoms with van der Waals surface area (Å²) in [5, 5.41) is 11.7. The number of hydrogen-bond donors (Lipinski definition) is 2. The van der Waals surface area contributed by atoms with Crippen molar-refractivity contribution in [3.63, 3.8) is 0 Å². The van der Waals surface area contributed by atoms with Gasteiger partial charge in [-0.1, -0.05) is 0 Å². The third-order valence-corrected chi connectivity index (χ3v) is 4.02. The molecule has 2 aliphatic rings. The first-order valence-electron chi connectivity index (χ1n) is 6.71. The normalized spacial score (nSPS) is 28.1. The summed E-state index contributed by atoms with van der Waals surface area (Å²) in [6.07, 6.45) is 2.61. The second-order valence-corrected chi connectivity index (χ2v) is 5.49. The molecule has 108 valence electrons. The molecule has 1 saturated carbocycles. The van der Waals surface area contributed by atoms with Gasteiger partial charge in [-0.15, -0.1) is 0 Å². The van der Waals surface area contributed by atoms with Crippen molar-refractivity contribution in [2.45, 2.75) is 44.3 Å². The van der Waals surface area contributed by atoms with E-state index in [1.807, 2.05) is 0 Å². The molecule has 6 nitrogen and oxygen atoms in total. The third kappa shape index (κ3) is 3.67. The molecule has 1 heterocycles. The number of carboxylic acids is 1. The van der Waals surface area contributed by atoms with Gasteiger partial charge in [0.05, 0.1) is 0 Å². The van der Waals surface area contributed by atoms with E-state index in [1.54, 1.807) is 7.11 Å². The molecule has 2 fully saturated rings. The number of aliphatic carboxylic acids is 1. The summed E-state index contributed by atoms with van der Waals surface area (Å²) in [5.74, 6) is -1.18. The fourth-order valence-electron chi connectivity index (χ4n) is 2.41. The van der Waals surface area contributed by atoms with E-state index < -0.39 is 18.2 Å². The molecule has 0 aromatic carbocycles. The van der Waals surface area contributed by atoms with Gasteiger partial charge in [0.15, 0.2) is 6.10 Å². The number of hydrogen-bond acceptors (Lipinski definition) is 4. The van der Waals surface area contributed by atoms with Crippen LogP contribution < -0.4 is 5.32 Å². The second kappa shape index (κ2) is 5.88. The van der Waals surface area contributed by atoms with Crippen molar-refractivity contribution in [3.05, 3.63) is 0 Å². The average Bonchev–Trinajstić information content (AvgIpc) is 2.97. The van der Waals surface area contributed by atoms with Gasteiger partial charge in [-0.3, -0.25) is 4.79 Å². The lowest BCUT2D eigenvalue weighted by Crippen LogP contribution is -2.38. The SMILES string of the molecule is COCCC1(CNC(=O)[C@@H]2CC[C@H](C(=O)O)O2)CC1. The van der Waals surface area contributed by atoms with Crippen molar-refractivity contribution in [1.82, 2.24) is 5.32 Å². The minimum absolute atomic E-state index is 0.188. The molecule has 19 heavy (non-hydrogen) atoms. The van der Waals surface area contributed by atoms with Crippen molar-refractivity contribution in [2.24, 2.45) is 5.41 Å². The Morgan fingerprint density at radius 3 is 2.58 bits per heavy atom. The quantitative estimate of drug-likeness (QED) is 0.706. The van der Waals surface area contributed by atoms with E-state index in [4.69, 9.17) is 14.6 Å². The van der Waals surface area contributed by atoms with Gasteiger partial charge in [0.1, 0.15) is 6.10 Å². The van der Waals surface area contributed by atoms with Crippen LogP contribution >= 0.6 is 0 Å². The molecule has 0 radical (unpaired) electrons. The number of methoxy groups -OCH3 is 1. The molecule has 6 heteroatoms. The molecule has 2 rings (SSSR count). The van der Waals surface area contributed by atoms with Crippen LogP contribution in [0.4, 0.5) is 0 Å². The summed E-state index contributed by atoms with van der Waals surface area (Å²) in [6, 6.07) is 0. The monoisotopic (exact) mass is 271 g/mol. The first-order valence-corrected chi connectivity index (χ1v) is 6.71. The number of carbonyl (C=O) groups excluding carboxylic acids is 1. The second-order valence-electron chi connectivity index (χ2n) is 5.49. The van der Waals surface area contributed by atoms with Crippen LogP contribution in [0.15, 0.2) is 0 Å². The molecule has 0 bridgehead atoms. The maximum Gasteiger partial charge on any atom is 0.332 e. The summed E-state index contributed by atoms with van der Waals surface area (Å²) in [7, 11) is 1.67. The largest absolute Gasteiger partial charge is 0.479 e. The van der Waals surface area contributed by atoms with Gasteiger partial charge < -0.3 is 19.9 Å². The van der Waals surface area contributed by atoms with Crippen LogP contribution in [0.25, 0.3) is 0 Å². The van der Waals surface area contributed by atoms with E-state index in [0.29, 0.717) is 26.0 Å². The minimum Gasteiger partial charge on any atom is -0.479 e. The highest BCUT2D eigenvalue weighted by atomic mass is 16.5. The summed E-state index contributed by atoms with van der Waals surface area (Å²) < 4.78 is 10.3. The minimum atomic E-state index is -0.992. The van der Waals surface area contributed by atoms with Gasteiger partial charge >= 0.3 is 5.97 Å². The van der Waals surface area contributed by atoms with Crippen molar-refractivity contribution < 1.29 is 24.2 Å². The topological polar surface area (TPSA) is 84.9 Å². The Kier molecular flexibility index (Phi) is 4.42. The Balaban J connectivity index is 1.72. The van der Waals surface area contributed by atoms with Gasteiger partial charge in [0.2, 0.25) is 5.91 Å². The molecular formula is C13H21NO5. The Bertz CT molecular complexity index is 353. The molecule has 1 saturated heterocycles. The molecule has 1 aliphatic heterocycles. The predicted octanol–water partition coefficient (Wildman–Crippen LogP) is 0.551. The Morgan fingerprint density at radius 1 is 1.37 bits per heavy atom. The smallest absolute Gasteiger partial charge is 0.332 e. The molecule has 0 aromatic heterocycles. The Labute approximate surface area is 112 Å². The lowest BCUT2D eigenvalue weighted by molar-refractivity contribution is -0.151. The maximum absolute atomic E-state index is 11.9. The molecule has 1 aliphatic carbocycles. The number of nitrogens with one attached hydrogen (secondary N) is 1. The molecule has 0 unspecified atom stereocenters. The zero-order valence-electron chi connectivity index (χ0n) is 11.2. The van der Waals surface area contributed by atoms with Crippen LogP contribution in [-0.4, -0.2) is 49.5 Å². The number of amides is 1. The number of ether oxygens (including phenoxy) is 2. The lowest BCUT2D eigenvalue weighted by atomic mass is 10.0. The van der Waals surface area contributed by atoms with E-state index in [0.717, 1.165) is 19.3 Å². The molecule has 0 spiro atoms. The summed E-state index contributed by atoms with van der Waals surface area (Å²) in [5.41, 5.74) is 0.191. The van der Waals surface area contributed by atoms with Crippen molar-refractivity contribution in [1.29, 1.82) is 0 Å². The summed E-state index contributed by atoms with van der Waals surface area (Å²) in [6.45, 7) is 1.34. The highest BCUT2D eigenvalue weighted by Crippen LogP contribution is 2.48.